The predicted molar refractivity (Wildman–Crippen MR) is 122 cm³/mol. The highest BCUT2D eigenvalue weighted by Crippen LogP contribution is 2.37. The molecule has 0 bridgehead atoms. The Morgan fingerprint density at radius 1 is 0.912 bits per heavy atom. The number of nitrogens with zero attached hydrogens (tertiary/aromatic N) is 1. The lowest BCUT2D eigenvalue weighted by Crippen LogP contribution is -2.19. The molecular formula is C24H22F3N3O4. The lowest BCUT2D eigenvalue weighted by molar-refractivity contribution is -0.137. The summed E-state index contributed by atoms with van der Waals surface area (Å²) in [6.07, 6.45) is -3.08. The second kappa shape index (κ2) is 10.6. The molecule has 3 aromatic carbocycles. The van der Waals surface area contributed by atoms with Crippen LogP contribution in [0.1, 0.15) is 21.5 Å². The summed E-state index contributed by atoms with van der Waals surface area (Å²) in [5.74, 6) is 0.704. The van der Waals surface area contributed by atoms with Crippen molar-refractivity contribution in [1.29, 1.82) is 0 Å². The Labute approximate surface area is 194 Å². The van der Waals surface area contributed by atoms with Gasteiger partial charge in [-0.2, -0.15) is 18.3 Å². The van der Waals surface area contributed by atoms with Crippen molar-refractivity contribution >= 4 is 23.5 Å². The van der Waals surface area contributed by atoms with E-state index in [4.69, 9.17) is 14.2 Å². The minimum Gasteiger partial charge on any atom is -0.493 e. The van der Waals surface area contributed by atoms with Gasteiger partial charge in [0.2, 0.25) is 5.75 Å². The number of rotatable bonds is 8. The number of hydrazone groups is 1. The molecule has 7 nitrogen and oxygen atoms in total. The lowest BCUT2D eigenvalue weighted by atomic mass is 10.1. The molecular weight excluding hydrogens is 451 g/mol. The molecule has 1 amide bonds. The molecule has 178 valence electrons. The largest absolute Gasteiger partial charge is 0.493 e. The van der Waals surface area contributed by atoms with E-state index in [2.05, 4.69) is 15.8 Å². The number of nitrogens with one attached hydrogen (secondary N) is 2. The van der Waals surface area contributed by atoms with Gasteiger partial charge in [0.15, 0.2) is 11.5 Å². The van der Waals surface area contributed by atoms with Crippen LogP contribution in [0, 0.1) is 0 Å². The Hall–Kier alpha value is -4.21. The molecule has 10 heteroatoms. The second-order valence-electron chi connectivity index (χ2n) is 6.91. The molecule has 2 N–H and O–H groups in total. The summed E-state index contributed by atoms with van der Waals surface area (Å²) in [7, 11) is 4.45. The Bertz CT molecular complexity index is 1170. The molecule has 3 rings (SSSR count). The number of alkyl halides is 3. The average molecular weight is 473 g/mol. The third-order valence-corrected chi connectivity index (χ3v) is 4.71. The van der Waals surface area contributed by atoms with Crippen LogP contribution in [-0.4, -0.2) is 33.5 Å². The fourth-order valence-electron chi connectivity index (χ4n) is 3.12. The first kappa shape index (κ1) is 24.4. The van der Waals surface area contributed by atoms with Crippen molar-refractivity contribution < 1.29 is 32.2 Å². The normalized spacial score (nSPS) is 11.2. The van der Waals surface area contributed by atoms with Crippen LogP contribution in [0.25, 0.3) is 0 Å². The Balaban J connectivity index is 1.78. The van der Waals surface area contributed by atoms with Crippen molar-refractivity contribution in [2.45, 2.75) is 6.18 Å². The summed E-state index contributed by atoms with van der Waals surface area (Å²) in [6, 6.07) is 14.4. The van der Waals surface area contributed by atoms with Crippen LogP contribution in [0.3, 0.4) is 0 Å². The third-order valence-electron chi connectivity index (χ3n) is 4.71. The highest BCUT2D eigenvalue weighted by molar-refractivity contribution is 6.00. The molecule has 0 atom stereocenters. The number of carbonyl (C=O) groups excluding carboxylic acids is 1. The lowest BCUT2D eigenvalue weighted by Gasteiger charge is -2.13. The zero-order valence-electron chi connectivity index (χ0n) is 18.6. The predicted octanol–water partition coefficient (Wildman–Crippen LogP) is 5.24. The van der Waals surface area contributed by atoms with Crippen molar-refractivity contribution in [3.8, 4) is 17.2 Å². The first-order chi connectivity index (χ1) is 16.3. The van der Waals surface area contributed by atoms with Crippen LogP contribution >= 0.6 is 0 Å². The molecule has 0 aliphatic rings. The number of hydrogen-bond donors (Lipinski definition) is 2. The van der Waals surface area contributed by atoms with Gasteiger partial charge in [-0.25, -0.2) is 5.43 Å². The zero-order chi connectivity index (χ0) is 24.7. The molecule has 0 heterocycles. The number of methoxy groups -OCH3 is 3. The molecule has 0 spiro atoms. The number of hydrogen-bond acceptors (Lipinski definition) is 6. The summed E-state index contributed by atoms with van der Waals surface area (Å²) >= 11 is 0. The second-order valence-corrected chi connectivity index (χ2v) is 6.91. The molecule has 0 saturated carbocycles. The Kier molecular flexibility index (Phi) is 7.62. The standard InChI is InChI=1S/C24H22F3N3O4/c1-32-20-11-15(12-21(33-2)22(20)34-3)14-28-30-23(31)18-9-4-5-10-19(18)29-17-8-6-7-16(13-17)24(25,26)27/h4-14,29H,1-3H3,(H,30,31)/b28-14+. The maximum Gasteiger partial charge on any atom is 0.416 e. The number of para-hydroxylation sites is 1. The van der Waals surface area contributed by atoms with Gasteiger partial charge < -0.3 is 19.5 Å². The highest BCUT2D eigenvalue weighted by atomic mass is 19.4. The van der Waals surface area contributed by atoms with Gasteiger partial charge in [-0.3, -0.25) is 4.79 Å². The van der Waals surface area contributed by atoms with Gasteiger partial charge in [-0.15, -0.1) is 0 Å². The number of anilines is 2. The van der Waals surface area contributed by atoms with Crippen LogP contribution in [0.5, 0.6) is 17.2 Å². The average Bonchev–Trinajstić information content (AvgIpc) is 2.83. The summed E-state index contributed by atoms with van der Waals surface area (Å²) in [4.78, 5) is 12.7. The van der Waals surface area contributed by atoms with E-state index in [0.717, 1.165) is 12.1 Å². The number of carbonyl (C=O) groups is 1. The van der Waals surface area contributed by atoms with Crippen molar-refractivity contribution in [1.82, 2.24) is 5.43 Å². The topological polar surface area (TPSA) is 81.2 Å². The highest BCUT2D eigenvalue weighted by Gasteiger charge is 2.30. The van der Waals surface area contributed by atoms with Gasteiger partial charge >= 0.3 is 6.18 Å². The van der Waals surface area contributed by atoms with E-state index in [1.807, 2.05) is 0 Å². The molecule has 34 heavy (non-hydrogen) atoms. The van der Waals surface area contributed by atoms with Crippen LogP contribution in [0.2, 0.25) is 0 Å². The van der Waals surface area contributed by atoms with E-state index in [0.29, 0.717) is 28.5 Å². The summed E-state index contributed by atoms with van der Waals surface area (Å²) in [6.45, 7) is 0. The Morgan fingerprint density at radius 2 is 1.59 bits per heavy atom. The van der Waals surface area contributed by atoms with Crippen molar-refractivity contribution in [3.05, 3.63) is 77.4 Å². The molecule has 0 unspecified atom stereocenters. The molecule has 0 aliphatic carbocycles. The summed E-state index contributed by atoms with van der Waals surface area (Å²) < 4.78 is 54.8. The SMILES string of the molecule is COc1cc(/C=N/NC(=O)c2ccccc2Nc2cccc(C(F)(F)F)c2)cc(OC)c1OC. The maximum atomic E-state index is 13.0. The molecule has 0 saturated heterocycles. The van der Waals surface area contributed by atoms with Crippen molar-refractivity contribution in [2.75, 3.05) is 26.6 Å². The molecule has 0 radical (unpaired) electrons. The first-order valence-electron chi connectivity index (χ1n) is 9.93. The number of halogens is 3. The van der Waals surface area contributed by atoms with Crippen LogP contribution in [0.4, 0.5) is 24.5 Å². The fourth-order valence-corrected chi connectivity index (χ4v) is 3.12. The quantitative estimate of drug-likeness (QED) is 0.346. The molecule has 0 aromatic heterocycles. The van der Waals surface area contributed by atoms with Gasteiger partial charge in [0.05, 0.1) is 44.4 Å². The summed E-state index contributed by atoms with van der Waals surface area (Å²) in [5.41, 5.74) is 2.90. The fraction of sp³-hybridized carbons (Fsp3) is 0.167. The van der Waals surface area contributed by atoms with Gasteiger partial charge in [0.25, 0.3) is 5.91 Å². The van der Waals surface area contributed by atoms with E-state index in [9.17, 15) is 18.0 Å². The number of ether oxygens (including phenoxy) is 3. The van der Waals surface area contributed by atoms with E-state index in [1.165, 1.54) is 45.7 Å². The number of amides is 1. The first-order valence-corrected chi connectivity index (χ1v) is 9.93. The Morgan fingerprint density at radius 3 is 2.21 bits per heavy atom. The van der Waals surface area contributed by atoms with Gasteiger partial charge in [0, 0.05) is 11.3 Å². The number of benzene rings is 3. The minimum absolute atomic E-state index is 0.191. The minimum atomic E-state index is -4.48. The monoisotopic (exact) mass is 473 g/mol. The van der Waals surface area contributed by atoms with Crippen LogP contribution in [0.15, 0.2) is 65.8 Å². The smallest absolute Gasteiger partial charge is 0.416 e. The van der Waals surface area contributed by atoms with E-state index in [1.54, 1.807) is 30.3 Å². The summed E-state index contributed by atoms with van der Waals surface area (Å²) in [5, 5.41) is 6.82. The van der Waals surface area contributed by atoms with Crippen molar-refractivity contribution in [3.63, 3.8) is 0 Å². The van der Waals surface area contributed by atoms with E-state index < -0.39 is 17.6 Å². The maximum absolute atomic E-state index is 13.0. The zero-order valence-corrected chi connectivity index (χ0v) is 18.6. The van der Waals surface area contributed by atoms with Crippen LogP contribution in [-0.2, 0) is 6.18 Å². The molecule has 0 fully saturated rings. The van der Waals surface area contributed by atoms with Gasteiger partial charge in [-0.1, -0.05) is 18.2 Å². The third kappa shape index (κ3) is 5.77. The van der Waals surface area contributed by atoms with Gasteiger partial charge in [0.1, 0.15) is 0 Å². The van der Waals surface area contributed by atoms with Crippen molar-refractivity contribution in [2.24, 2.45) is 5.10 Å². The van der Waals surface area contributed by atoms with Gasteiger partial charge in [-0.05, 0) is 42.5 Å². The molecule has 3 aromatic rings. The van der Waals surface area contributed by atoms with E-state index >= 15 is 0 Å². The molecule has 0 aliphatic heterocycles. The van der Waals surface area contributed by atoms with E-state index in [-0.39, 0.29) is 11.3 Å². The van der Waals surface area contributed by atoms with Crippen LogP contribution < -0.4 is 25.0 Å².